The second-order valence-electron chi connectivity index (χ2n) is 10.7. The fourth-order valence-corrected chi connectivity index (χ4v) is 5.83. The lowest BCUT2D eigenvalue weighted by Gasteiger charge is -2.28. The van der Waals surface area contributed by atoms with Gasteiger partial charge in [-0.3, -0.25) is 14.1 Å². The number of aliphatic hydroxyl groups excluding tert-OH is 1. The second kappa shape index (κ2) is 13.4. The third-order valence-electron chi connectivity index (χ3n) is 7.18. The molecular formula is C26H39N3O8S. The van der Waals surface area contributed by atoms with Crippen LogP contribution in [0, 0.1) is 17.8 Å². The summed E-state index contributed by atoms with van der Waals surface area (Å²) in [6, 6.07) is 7.41. The Morgan fingerprint density at radius 1 is 1.13 bits per heavy atom. The Bertz CT molecular complexity index is 1070. The average Bonchev–Trinajstić information content (AvgIpc) is 3.45. The number of benzene rings is 1. The maximum atomic E-state index is 13.2. The van der Waals surface area contributed by atoms with Crippen LogP contribution in [-0.2, 0) is 30.9 Å². The monoisotopic (exact) mass is 553 g/mol. The smallest absolute Gasteiger partial charge is 0.408 e. The molecule has 212 valence electrons. The van der Waals surface area contributed by atoms with Crippen molar-refractivity contribution < 1.29 is 37.2 Å². The van der Waals surface area contributed by atoms with Crippen LogP contribution in [0.25, 0.3) is 0 Å². The van der Waals surface area contributed by atoms with Crippen LogP contribution in [0.15, 0.2) is 30.3 Å². The number of alkyl carbamates (subject to hydrolysis) is 1. The molecule has 1 aliphatic carbocycles. The molecule has 3 rings (SSSR count). The molecule has 6 atom stereocenters. The summed E-state index contributed by atoms with van der Waals surface area (Å²) >= 11 is 0. The van der Waals surface area contributed by atoms with Crippen LogP contribution in [0.4, 0.5) is 4.79 Å². The molecule has 1 aromatic rings. The highest BCUT2D eigenvalue weighted by atomic mass is 32.2. The minimum absolute atomic E-state index is 0.0195. The Morgan fingerprint density at radius 2 is 1.84 bits per heavy atom. The van der Waals surface area contributed by atoms with Gasteiger partial charge in [0.05, 0.1) is 6.04 Å². The van der Waals surface area contributed by atoms with E-state index in [2.05, 4.69) is 16.0 Å². The molecule has 1 aliphatic heterocycles. The van der Waals surface area contributed by atoms with E-state index in [-0.39, 0.29) is 36.7 Å². The first-order valence-electron chi connectivity index (χ1n) is 13.2. The number of hydrogen-bond donors (Lipinski definition) is 5. The molecule has 0 spiro atoms. The van der Waals surface area contributed by atoms with E-state index in [0.29, 0.717) is 13.0 Å². The third kappa shape index (κ3) is 8.67. The topological polar surface area (TPSA) is 171 Å². The van der Waals surface area contributed by atoms with Crippen LogP contribution >= 0.6 is 0 Å². The third-order valence-corrected chi connectivity index (χ3v) is 8.12. The number of hydrogen-bond acceptors (Lipinski definition) is 7. The van der Waals surface area contributed by atoms with E-state index >= 15 is 0 Å². The van der Waals surface area contributed by atoms with Crippen molar-refractivity contribution in [2.45, 2.75) is 82.4 Å². The van der Waals surface area contributed by atoms with Gasteiger partial charge in [-0.05, 0) is 56.4 Å². The summed E-state index contributed by atoms with van der Waals surface area (Å²) < 4.78 is 38.4. The van der Waals surface area contributed by atoms with Gasteiger partial charge in [-0.15, -0.1) is 0 Å². The highest BCUT2D eigenvalue weighted by Crippen LogP contribution is 2.31. The number of carbonyl (C=O) groups is 3. The van der Waals surface area contributed by atoms with Gasteiger partial charge in [-0.25, -0.2) is 4.79 Å². The summed E-state index contributed by atoms with van der Waals surface area (Å²) in [5.74, 6) is -1.56. The molecule has 1 saturated carbocycles. The van der Waals surface area contributed by atoms with Crippen molar-refractivity contribution in [3.8, 4) is 0 Å². The maximum absolute atomic E-state index is 13.2. The van der Waals surface area contributed by atoms with Gasteiger partial charge in [-0.1, -0.05) is 44.2 Å². The number of amides is 3. The SMILES string of the molecule is CC(C)C[C@H](NC(=O)OC1CCCC1Cc1ccccc1)C(=O)N[C@@H](C[C@@H]1CCNC1=O)C(O)S(=O)(=O)O. The van der Waals surface area contributed by atoms with Gasteiger partial charge in [0.2, 0.25) is 17.3 Å². The zero-order valence-corrected chi connectivity index (χ0v) is 22.7. The summed E-state index contributed by atoms with van der Waals surface area (Å²) in [5, 5.41) is 17.9. The zero-order valence-electron chi connectivity index (χ0n) is 21.8. The molecule has 0 aromatic heterocycles. The quantitative estimate of drug-likeness (QED) is 0.244. The highest BCUT2D eigenvalue weighted by Gasteiger charge is 2.38. The maximum Gasteiger partial charge on any atom is 0.408 e. The van der Waals surface area contributed by atoms with E-state index in [1.165, 1.54) is 0 Å². The van der Waals surface area contributed by atoms with E-state index in [4.69, 9.17) is 4.74 Å². The summed E-state index contributed by atoms with van der Waals surface area (Å²) in [5.41, 5.74) is -1.17. The van der Waals surface area contributed by atoms with Gasteiger partial charge in [0.25, 0.3) is 10.1 Å². The molecule has 12 heteroatoms. The lowest BCUT2D eigenvalue weighted by molar-refractivity contribution is -0.126. The van der Waals surface area contributed by atoms with Crippen molar-refractivity contribution in [3.05, 3.63) is 35.9 Å². The molecule has 1 aromatic carbocycles. The minimum atomic E-state index is -4.93. The van der Waals surface area contributed by atoms with E-state index < -0.39 is 45.6 Å². The number of ether oxygens (including phenoxy) is 1. The largest absolute Gasteiger partial charge is 0.446 e. The Labute approximate surface area is 223 Å². The highest BCUT2D eigenvalue weighted by molar-refractivity contribution is 7.86. The van der Waals surface area contributed by atoms with Crippen LogP contribution < -0.4 is 16.0 Å². The van der Waals surface area contributed by atoms with Crippen molar-refractivity contribution >= 4 is 28.0 Å². The summed E-state index contributed by atoms with van der Waals surface area (Å²) in [7, 11) is -4.93. The van der Waals surface area contributed by atoms with Crippen LogP contribution in [0.3, 0.4) is 0 Å². The van der Waals surface area contributed by atoms with Crippen molar-refractivity contribution in [2.75, 3.05) is 6.54 Å². The van der Waals surface area contributed by atoms with Crippen molar-refractivity contribution in [3.63, 3.8) is 0 Å². The van der Waals surface area contributed by atoms with Gasteiger partial charge in [0.15, 0.2) is 0 Å². The standard InChI is InChI=1S/C26H39N3O8S/c1-16(2)13-20(24(31)28-21(25(32)38(34,35)36)15-19-11-12-27-23(19)30)29-26(33)37-22-10-6-9-18(22)14-17-7-4-3-5-8-17/h3-5,7-8,16,18-22,25,32H,6,9-15H2,1-2H3,(H,27,30)(H,28,31)(H,29,33)(H,34,35,36)/t18?,19-,20-,21-,22?,25?/m0/s1. The summed E-state index contributed by atoms with van der Waals surface area (Å²) in [6.07, 6.45) is 2.72. The van der Waals surface area contributed by atoms with Gasteiger partial charge in [-0.2, -0.15) is 8.42 Å². The first-order chi connectivity index (χ1) is 17.9. The first-order valence-corrected chi connectivity index (χ1v) is 14.7. The molecule has 0 bridgehead atoms. The molecule has 2 fully saturated rings. The molecule has 3 unspecified atom stereocenters. The Kier molecular flexibility index (Phi) is 10.5. The van der Waals surface area contributed by atoms with Gasteiger partial charge < -0.3 is 25.8 Å². The van der Waals surface area contributed by atoms with Crippen LogP contribution in [-0.4, -0.2) is 66.2 Å². The normalized spacial score (nSPS) is 23.9. The molecule has 38 heavy (non-hydrogen) atoms. The minimum Gasteiger partial charge on any atom is -0.446 e. The lowest BCUT2D eigenvalue weighted by Crippen LogP contribution is -2.55. The van der Waals surface area contributed by atoms with Crippen molar-refractivity contribution in [1.82, 2.24) is 16.0 Å². The lowest BCUT2D eigenvalue weighted by atomic mass is 9.96. The van der Waals surface area contributed by atoms with Gasteiger partial charge in [0.1, 0.15) is 12.1 Å². The number of aliphatic hydroxyl groups is 1. The molecule has 11 nitrogen and oxygen atoms in total. The number of carbonyl (C=O) groups excluding carboxylic acids is 3. The fraction of sp³-hybridized carbons (Fsp3) is 0.654. The van der Waals surface area contributed by atoms with E-state index in [9.17, 15) is 32.5 Å². The van der Waals surface area contributed by atoms with E-state index in [1.807, 2.05) is 44.2 Å². The van der Waals surface area contributed by atoms with Gasteiger partial charge >= 0.3 is 6.09 Å². The van der Waals surface area contributed by atoms with Crippen molar-refractivity contribution in [1.29, 1.82) is 0 Å². The molecule has 1 heterocycles. The Hall–Kier alpha value is -2.70. The first kappa shape index (κ1) is 29.9. The van der Waals surface area contributed by atoms with Gasteiger partial charge in [0, 0.05) is 18.4 Å². The molecule has 1 saturated heterocycles. The predicted molar refractivity (Wildman–Crippen MR) is 139 cm³/mol. The van der Waals surface area contributed by atoms with E-state index in [0.717, 1.165) is 31.2 Å². The van der Waals surface area contributed by atoms with Crippen LogP contribution in [0.5, 0.6) is 0 Å². The predicted octanol–water partition coefficient (Wildman–Crippen LogP) is 1.76. The van der Waals surface area contributed by atoms with Crippen LogP contribution in [0.1, 0.15) is 57.9 Å². The molecule has 2 aliphatic rings. The Balaban J connectivity index is 1.65. The second-order valence-corrected chi connectivity index (χ2v) is 12.2. The molecule has 3 amide bonds. The summed E-state index contributed by atoms with van der Waals surface area (Å²) in [6.45, 7) is 4.10. The fourth-order valence-electron chi connectivity index (χ4n) is 5.24. The Morgan fingerprint density at radius 3 is 2.45 bits per heavy atom. The summed E-state index contributed by atoms with van der Waals surface area (Å²) in [4.78, 5) is 38.0. The average molecular weight is 554 g/mol. The van der Waals surface area contributed by atoms with Crippen LogP contribution in [0.2, 0.25) is 0 Å². The molecular weight excluding hydrogens is 514 g/mol. The number of rotatable bonds is 12. The van der Waals surface area contributed by atoms with E-state index in [1.54, 1.807) is 0 Å². The molecule has 5 N–H and O–H groups in total. The van der Waals surface area contributed by atoms with Crippen molar-refractivity contribution in [2.24, 2.45) is 17.8 Å². The molecule has 0 radical (unpaired) electrons. The number of nitrogens with one attached hydrogen (secondary N) is 3. The zero-order chi connectivity index (χ0) is 27.9.